The van der Waals surface area contributed by atoms with Crippen LogP contribution in [0, 0.1) is 13.8 Å². The third-order valence-electron chi connectivity index (χ3n) is 4.37. The first kappa shape index (κ1) is 15.6. The summed E-state index contributed by atoms with van der Waals surface area (Å²) in [6.07, 6.45) is 3.51. The molecule has 0 saturated carbocycles. The van der Waals surface area contributed by atoms with Crippen molar-refractivity contribution in [3.63, 3.8) is 0 Å². The van der Waals surface area contributed by atoms with Gasteiger partial charge in [-0.25, -0.2) is 13.4 Å². The summed E-state index contributed by atoms with van der Waals surface area (Å²) in [4.78, 5) is 4.76. The van der Waals surface area contributed by atoms with Gasteiger partial charge in [0.25, 0.3) is 0 Å². The summed E-state index contributed by atoms with van der Waals surface area (Å²) in [5.41, 5.74) is 2.13. The smallest absolute Gasteiger partial charge is 0.243 e. The molecule has 1 saturated heterocycles. The summed E-state index contributed by atoms with van der Waals surface area (Å²) in [5, 5.41) is 3.11. The lowest BCUT2D eigenvalue weighted by atomic mass is 9.99. The van der Waals surface area contributed by atoms with Crippen LogP contribution in [-0.4, -0.2) is 30.8 Å². The highest BCUT2D eigenvalue weighted by Gasteiger charge is 2.30. The van der Waals surface area contributed by atoms with E-state index in [-0.39, 0.29) is 0 Å². The van der Waals surface area contributed by atoms with E-state index >= 15 is 0 Å². The Morgan fingerprint density at radius 3 is 2.50 bits per heavy atom. The summed E-state index contributed by atoms with van der Waals surface area (Å²) < 4.78 is 27.1. The number of benzene rings is 1. The van der Waals surface area contributed by atoms with Gasteiger partial charge in [0.1, 0.15) is 0 Å². The van der Waals surface area contributed by atoms with Crippen LogP contribution in [0.5, 0.6) is 0 Å². The molecule has 2 aromatic rings. The molecule has 0 unspecified atom stereocenters. The zero-order chi connectivity index (χ0) is 15.7. The molecular formula is C16H20N2O2S2. The van der Waals surface area contributed by atoms with Crippen LogP contribution >= 0.6 is 11.3 Å². The van der Waals surface area contributed by atoms with E-state index in [0.29, 0.717) is 23.9 Å². The minimum absolute atomic E-state index is 0.395. The minimum atomic E-state index is -3.38. The fourth-order valence-electron chi connectivity index (χ4n) is 2.80. The van der Waals surface area contributed by atoms with Crippen LogP contribution in [0.25, 0.3) is 0 Å². The van der Waals surface area contributed by atoms with Crippen molar-refractivity contribution < 1.29 is 8.42 Å². The third-order valence-corrected chi connectivity index (χ3v) is 7.20. The molecule has 1 aliphatic heterocycles. The fraction of sp³-hybridized carbons (Fsp3) is 0.438. The summed E-state index contributed by atoms with van der Waals surface area (Å²) in [7, 11) is -3.38. The maximum absolute atomic E-state index is 12.8. The number of aryl methyl sites for hydroxylation is 2. The highest BCUT2D eigenvalue weighted by atomic mass is 32.2. The summed E-state index contributed by atoms with van der Waals surface area (Å²) >= 11 is 1.66. The average Bonchev–Trinajstić information content (AvgIpc) is 3.04. The summed E-state index contributed by atoms with van der Waals surface area (Å²) in [6.45, 7) is 5.08. The third kappa shape index (κ3) is 2.95. The Bertz CT molecular complexity index is 746. The van der Waals surface area contributed by atoms with Gasteiger partial charge in [0.2, 0.25) is 10.0 Å². The van der Waals surface area contributed by atoms with Gasteiger partial charge in [-0.05, 0) is 49.9 Å². The Labute approximate surface area is 135 Å². The second-order valence-electron chi connectivity index (χ2n) is 5.79. The number of hydrogen-bond acceptors (Lipinski definition) is 4. The summed E-state index contributed by atoms with van der Waals surface area (Å²) in [6, 6.07) is 5.37. The van der Waals surface area contributed by atoms with E-state index in [0.717, 1.165) is 29.0 Å². The van der Waals surface area contributed by atoms with Gasteiger partial charge in [-0.2, -0.15) is 4.31 Å². The van der Waals surface area contributed by atoms with Crippen molar-refractivity contribution in [1.82, 2.24) is 9.29 Å². The summed E-state index contributed by atoms with van der Waals surface area (Å²) in [5.74, 6) is 0.395. The Balaban J connectivity index is 1.75. The van der Waals surface area contributed by atoms with Crippen molar-refractivity contribution in [1.29, 1.82) is 0 Å². The fourth-order valence-corrected chi connectivity index (χ4v) is 5.17. The van der Waals surface area contributed by atoms with Gasteiger partial charge in [-0.15, -0.1) is 11.3 Å². The van der Waals surface area contributed by atoms with Crippen LogP contribution in [0.3, 0.4) is 0 Å². The minimum Gasteiger partial charge on any atom is -0.249 e. The Kier molecular flexibility index (Phi) is 4.34. The van der Waals surface area contributed by atoms with Crippen molar-refractivity contribution >= 4 is 21.4 Å². The number of thiazole rings is 1. The second kappa shape index (κ2) is 6.10. The van der Waals surface area contributed by atoms with Crippen LogP contribution in [0.1, 0.15) is 34.9 Å². The number of hydrogen-bond donors (Lipinski definition) is 0. The SMILES string of the molecule is Cc1ccc(S(=O)(=O)N2CCC(c3nccs3)CC2)cc1C. The molecule has 2 heterocycles. The van der Waals surface area contributed by atoms with Crippen LogP contribution in [0.4, 0.5) is 0 Å². The zero-order valence-corrected chi connectivity index (χ0v) is 14.5. The maximum atomic E-state index is 12.8. The highest BCUT2D eigenvalue weighted by molar-refractivity contribution is 7.89. The topological polar surface area (TPSA) is 50.3 Å². The van der Waals surface area contributed by atoms with Crippen molar-refractivity contribution in [2.75, 3.05) is 13.1 Å². The van der Waals surface area contributed by atoms with Gasteiger partial charge in [0, 0.05) is 30.6 Å². The normalized spacial score (nSPS) is 17.7. The lowest BCUT2D eigenvalue weighted by Crippen LogP contribution is -2.37. The van der Waals surface area contributed by atoms with Crippen LogP contribution in [0.2, 0.25) is 0 Å². The molecule has 0 spiro atoms. The molecule has 1 fully saturated rings. The van der Waals surface area contributed by atoms with Crippen molar-refractivity contribution in [3.05, 3.63) is 45.9 Å². The molecule has 6 heteroatoms. The van der Waals surface area contributed by atoms with Gasteiger partial charge in [-0.1, -0.05) is 6.07 Å². The molecule has 1 aliphatic rings. The monoisotopic (exact) mass is 336 g/mol. The number of aromatic nitrogens is 1. The van der Waals surface area contributed by atoms with Crippen LogP contribution in [0.15, 0.2) is 34.7 Å². The Morgan fingerprint density at radius 2 is 1.91 bits per heavy atom. The first-order valence-electron chi connectivity index (χ1n) is 7.45. The van der Waals surface area contributed by atoms with Gasteiger partial charge in [0.15, 0.2) is 0 Å². The quantitative estimate of drug-likeness (QED) is 0.864. The van der Waals surface area contributed by atoms with E-state index in [4.69, 9.17) is 0 Å². The van der Waals surface area contributed by atoms with E-state index in [1.807, 2.05) is 31.5 Å². The van der Waals surface area contributed by atoms with Gasteiger partial charge in [-0.3, -0.25) is 0 Å². The van der Waals surface area contributed by atoms with E-state index in [9.17, 15) is 8.42 Å². The van der Waals surface area contributed by atoms with Crippen molar-refractivity contribution in [2.45, 2.75) is 37.5 Å². The zero-order valence-electron chi connectivity index (χ0n) is 12.8. The number of piperidine rings is 1. The lowest BCUT2D eigenvalue weighted by molar-refractivity contribution is 0.319. The molecule has 0 N–H and O–H groups in total. The molecule has 0 atom stereocenters. The molecule has 1 aromatic heterocycles. The largest absolute Gasteiger partial charge is 0.249 e. The first-order valence-corrected chi connectivity index (χ1v) is 9.77. The number of sulfonamides is 1. The highest BCUT2D eigenvalue weighted by Crippen LogP contribution is 2.31. The van der Waals surface area contributed by atoms with E-state index in [2.05, 4.69) is 4.98 Å². The molecule has 3 rings (SSSR count). The Hall–Kier alpha value is -1.24. The van der Waals surface area contributed by atoms with Gasteiger partial charge in [0.05, 0.1) is 9.90 Å². The predicted octanol–water partition coefficient (Wildman–Crippen LogP) is 3.33. The Morgan fingerprint density at radius 1 is 1.18 bits per heavy atom. The number of nitrogens with zero attached hydrogens (tertiary/aromatic N) is 2. The molecule has 22 heavy (non-hydrogen) atoms. The van der Waals surface area contributed by atoms with E-state index in [1.165, 1.54) is 0 Å². The van der Waals surface area contributed by atoms with Gasteiger partial charge >= 0.3 is 0 Å². The van der Waals surface area contributed by atoms with Gasteiger partial charge < -0.3 is 0 Å². The average molecular weight is 336 g/mol. The van der Waals surface area contributed by atoms with Crippen molar-refractivity contribution in [3.8, 4) is 0 Å². The van der Waals surface area contributed by atoms with Crippen LogP contribution < -0.4 is 0 Å². The van der Waals surface area contributed by atoms with E-state index in [1.54, 1.807) is 27.8 Å². The molecule has 1 aromatic carbocycles. The second-order valence-corrected chi connectivity index (χ2v) is 8.66. The molecule has 0 aliphatic carbocycles. The molecule has 0 radical (unpaired) electrons. The predicted molar refractivity (Wildman–Crippen MR) is 88.8 cm³/mol. The first-order chi connectivity index (χ1) is 10.5. The lowest BCUT2D eigenvalue weighted by Gasteiger charge is -2.30. The molecule has 0 amide bonds. The van der Waals surface area contributed by atoms with Crippen molar-refractivity contribution in [2.24, 2.45) is 0 Å². The maximum Gasteiger partial charge on any atom is 0.243 e. The molecular weight excluding hydrogens is 316 g/mol. The molecule has 4 nitrogen and oxygen atoms in total. The molecule has 118 valence electrons. The van der Waals surface area contributed by atoms with Crippen LogP contribution in [-0.2, 0) is 10.0 Å². The standard InChI is InChI=1S/C16H20N2O2S2/c1-12-3-4-15(11-13(12)2)22(19,20)18-8-5-14(6-9-18)16-17-7-10-21-16/h3-4,7,10-11,14H,5-6,8-9H2,1-2H3. The van der Waals surface area contributed by atoms with E-state index < -0.39 is 10.0 Å². The number of rotatable bonds is 3. The molecule has 0 bridgehead atoms.